The highest BCUT2D eigenvalue weighted by atomic mass is 19.1. The van der Waals surface area contributed by atoms with Crippen LogP contribution in [0.2, 0.25) is 0 Å². The van der Waals surface area contributed by atoms with Crippen molar-refractivity contribution in [3.8, 4) is 0 Å². The highest BCUT2D eigenvalue weighted by Gasteiger charge is 2.23. The molecule has 0 bridgehead atoms. The van der Waals surface area contributed by atoms with Crippen LogP contribution in [0.3, 0.4) is 0 Å². The van der Waals surface area contributed by atoms with E-state index in [0.717, 1.165) is 17.4 Å². The molecule has 18 heavy (non-hydrogen) atoms. The van der Waals surface area contributed by atoms with E-state index in [9.17, 15) is 8.78 Å². The maximum absolute atomic E-state index is 13.8. The molecule has 1 aliphatic carbocycles. The number of hydrogen-bond acceptors (Lipinski definition) is 2. The second-order valence-corrected chi connectivity index (χ2v) is 4.77. The fraction of sp³-hybridized carbons (Fsp3) is 0.429. The Hall–Kier alpha value is -1.42. The van der Waals surface area contributed by atoms with E-state index in [0.29, 0.717) is 30.0 Å². The number of nitrogens with one attached hydrogen (secondary N) is 1. The molecule has 0 atom stereocenters. The van der Waals surface area contributed by atoms with Gasteiger partial charge in [-0.15, -0.1) is 0 Å². The van der Waals surface area contributed by atoms with Crippen molar-refractivity contribution in [3.05, 3.63) is 35.1 Å². The van der Waals surface area contributed by atoms with E-state index in [-0.39, 0.29) is 0 Å². The minimum Gasteiger partial charge on any atom is -0.459 e. The normalized spacial score (nSPS) is 15.5. The van der Waals surface area contributed by atoms with Crippen molar-refractivity contribution < 1.29 is 13.2 Å². The Kier molecular flexibility index (Phi) is 2.82. The van der Waals surface area contributed by atoms with Crippen LogP contribution in [0.5, 0.6) is 0 Å². The topological polar surface area (TPSA) is 25.2 Å². The molecule has 1 aromatic heterocycles. The molecule has 2 nitrogen and oxygen atoms in total. The Labute approximate surface area is 104 Å². The molecule has 1 aliphatic rings. The van der Waals surface area contributed by atoms with E-state index >= 15 is 0 Å². The summed E-state index contributed by atoms with van der Waals surface area (Å²) in [5.74, 6) is -0.412. The highest BCUT2D eigenvalue weighted by Crippen LogP contribution is 2.30. The van der Waals surface area contributed by atoms with Crippen LogP contribution in [-0.4, -0.2) is 6.04 Å². The first-order valence-corrected chi connectivity index (χ1v) is 6.31. The average Bonchev–Trinajstić information content (AvgIpc) is 3.07. The fourth-order valence-electron chi connectivity index (χ4n) is 2.30. The summed E-state index contributed by atoms with van der Waals surface area (Å²) in [4.78, 5) is 0. The Bertz CT molecular complexity index is 587. The number of furan rings is 1. The van der Waals surface area contributed by atoms with E-state index < -0.39 is 11.6 Å². The number of fused-ring (bicyclic) bond motifs is 1. The first kappa shape index (κ1) is 11.7. The minimum atomic E-state index is -0.599. The van der Waals surface area contributed by atoms with Crippen molar-refractivity contribution in [2.24, 2.45) is 0 Å². The lowest BCUT2D eigenvalue weighted by Crippen LogP contribution is -2.15. The zero-order valence-corrected chi connectivity index (χ0v) is 10.2. The summed E-state index contributed by atoms with van der Waals surface area (Å²) in [5, 5.41) is 3.76. The van der Waals surface area contributed by atoms with Crippen molar-refractivity contribution in [2.75, 3.05) is 0 Å². The lowest BCUT2D eigenvalue weighted by atomic mass is 10.1. The van der Waals surface area contributed by atoms with Crippen LogP contribution < -0.4 is 5.32 Å². The van der Waals surface area contributed by atoms with Crippen molar-refractivity contribution in [1.29, 1.82) is 0 Å². The molecule has 1 saturated carbocycles. The summed E-state index contributed by atoms with van der Waals surface area (Å²) in [5.41, 5.74) is 1.15. The van der Waals surface area contributed by atoms with Gasteiger partial charge in [0.15, 0.2) is 0 Å². The Balaban J connectivity index is 2.04. The van der Waals surface area contributed by atoms with Gasteiger partial charge in [-0.3, -0.25) is 0 Å². The number of aryl methyl sites for hydroxylation is 1. The van der Waals surface area contributed by atoms with Gasteiger partial charge in [-0.2, -0.15) is 0 Å². The minimum absolute atomic E-state index is 0.303. The van der Waals surface area contributed by atoms with Gasteiger partial charge < -0.3 is 9.73 Å². The predicted octanol–water partition coefficient (Wildman–Crippen LogP) is 3.53. The second-order valence-electron chi connectivity index (χ2n) is 4.77. The van der Waals surface area contributed by atoms with E-state index in [2.05, 4.69) is 5.32 Å². The monoisotopic (exact) mass is 251 g/mol. The maximum Gasteiger partial charge on any atom is 0.140 e. The molecule has 2 aromatic rings. The molecular formula is C14H15F2NO. The van der Waals surface area contributed by atoms with Crippen LogP contribution in [0.15, 0.2) is 16.5 Å². The van der Waals surface area contributed by atoms with Crippen molar-refractivity contribution >= 4 is 11.0 Å². The number of benzene rings is 1. The number of hydrogen-bond donors (Lipinski definition) is 1. The Morgan fingerprint density at radius 1 is 1.33 bits per heavy atom. The van der Waals surface area contributed by atoms with Crippen LogP contribution in [0.1, 0.15) is 31.1 Å². The molecule has 0 radical (unpaired) electrons. The molecule has 0 spiro atoms. The molecule has 4 heteroatoms. The van der Waals surface area contributed by atoms with Crippen molar-refractivity contribution in [1.82, 2.24) is 5.32 Å². The molecule has 1 aromatic carbocycles. The molecule has 0 amide bonds. The molecule has 0 saturated heterocycles. The zero-order valence-electron chi connectivity index (χ0n) is 10.2. The van der Waals surface area contributed by atoms with Gasteiger partial charge in [0.25, 0.3) is 0 Å². The summed E-state index contributed by atoms with van der Waals surface area (Å²) < 4.78 is 32.5. The van der Waals surface area contributed by atoms with Gasteiger partial charge in [-0.1, -0.05) is 6.92 Å². The van der Waals surface area contributed by atoms with Crippen LogP contribution >= 0.6 is 0 Å². The van der Waals surface area contributed by atoms with Crippen molar-refractivity contribution in [2.45, 2.75) is 38.8 Å². The Morgan fingerprint density at radius 3 is 2.78 bits per heavy atom. The van der Waals surface area contributed by atoms with Gasteiger partial charge in [-0.25, -0.2) is 8.78 Å². The molecule has 0 aliphatic heterocycles. The lowest BCUT2D eigenvalue weighted by Gasteiger charge is -2.01. The van der Waals surface area contributed by atoms with Crippen LogP contribution in [0, 0.1) is 11.6 Å². The SMILES string of the molecule is CCc1c(CNC2CC2)oc2cc(F)cc(F)c12. The quantitative estimate of drug-likeness (QED) is 0.899. The van der Waals surface area contributed by atoms with Crippen LogP contribution in [0.4, 0.5) is 8.78 Å². The summed E-state index contributed by atoms with van der Waals surface area (Å²) in [6, 6.07) is 2.72. The van der Waals surface area contributed by atoms with E-state index in [1.807, 2.05) is 6.92 Å². The highest BCUT2D eigenvalue weighted by molar-refractivity contribution is 5.83. The lowest BCUT2D eigenvalue weighted by molar-refractivity contribution is 0.504. The molecule has 1 N–H and O–H groups in total. The van der Waals surface area contributed by atoms with Gasteiger partial charge in [0, 0.05) is 23.7 Å². The van der Waals surface area contributed by atoms with Gasteiger partial charge >= 0.3 is 0 Å². The van der Waals surface area contributed by atoms with Crippen molar-refractivity contribution in [3.63, 3.8) is 0 Å². The van der Waals surface area contributed by atoms with Crippen LogP contribution in [-0.2, 0) is 13.0 Å². The van der Waals surface area contributed by atoms with Gasteiger partial charge in [-0.05, 0) is 19.3 Å². The third-order valence-electron chi connectivity index (χ3n) is 3.37. The predicted molar refractivity (Wildman–Crippen MR) is 65.4 cm³/mol. The standard InChI is InChI=1S/C14H15F2NO/c1-2-10-13(7-17-9-3-4-9)18-12-6-8(15)5-11(16)14(10)12/h5-6,9,17H,2-4,7H2,1H3. The first-order valence-electron chi connectivity index (χ1n) is 6.31. The summed E-state index contributed by atoms with van der Waals surface area (Å²) in [7, 11) is 0. The summed E-state index contributed by atoms with van der Waals surface area (Å²) in [6.07, 6.45) is 3.05. The Morgan fingerprint density at radius 2 is 2.11 bits per heavy atom. The van der Waals surface area contributed by atoms with E-state index in [4.69, 9.17) is 4.42 Å². The van der Waals surface area contributed by atoms with E-state index in [1.54, 1.807) is 0 Å². The molecule has 3 rings (SSSR count). The molecule has 1 fully saturated rings. The van der Waals surface area contributed by atoms with Crippen LogP contribution in [0.25, 0.3) is 11.0 Å². The molecule has 0 unspecified atom stereocenters. The molecule has 96 valence electrons. The summed E-state index contributed by atoms with van der Waals surface area (Å²) >= 11 is 0. The zero-order chi connectivity index (χ0) is 12.7. The van der Waals surface area contributed by atoms with E-state index in [1.165, 1.54) is 18.9 Å². The first-order chi connectivity index (χ1) is 8.69. The third kappa shape index (κ3) is 2.01. The maximum atomic E-state index is 13.8. The number of halogens is 2. The average molecular weight is 251 g/mol. The smallest absolute Gasteiger partial charge is 0.140 e. The number of rotatable bonds is 4. The fourth-order valence-corrected chi connectivity index (χ4v) is 2.30. The second kappa shape index (κ2) is 4.35. The van der Waals surface area contributed by atoms with Gasteiger partial charge in [0.05, 0.1) is 11.9 Å². The molecule has 1 heterocycles. The van der Waals surface area contributed by atoms with Gasteiger partial charge in [0.1, 0.15) is 23.0 Å². The molecular weight excluding hydrogens is 236 g/mol. The largest absolute Gasteiger partial charge is 0.459 e. The summed E-state index contributed by atoms with van der Waals surface area (Å²) in [6.45, 7) is 2.54. The van der Waals surface area contributed by atoms with Gasteiger partial charge in [0.2, 0.25) is 0 Å². The third-order valence-corrected chi connectivity index (χ3v) is 3.37.